The number of nitrogens with one attached hydrogen (secondary N) is 1. The van der Waals surface area contributed by atoms with Crippen molar-refractivity contribution < 1.29 is 9.53 Å². The van der Waals surface area contributed by atoms with Crippen LogP contribution in [0, 0.1) is 6.92 Å². The van der Waals surface area contributed by atoms with Gasteiger partial charge in [0, 0.05) is 29.7 Å². The number of anilines is 1. The summed E-state index contributed by atoms with van der Waals surface area (Å²) in [5.41, 5.74) is 5.33. The summed E-state index contributed by atoms with van der Waals surface area (Å²) in [6, 6.07) is 19.5. The Morgan fingerprint density at radius 2 is 1.91 bits per heavy atom. The van der Waals surface area contributed by atoms with E-state index in [1.54, 1.807) is 24.2 Å². The Labute approximate surface area is 196 Å². The van der Waals surface area contributed by atoms with Crippen LogP contribution in [0.15, 0.2) is 79.3 Å². The lowest BCUT2D eigenvalue weighted by atomic mass is 10.0. The monoisotopic (exact) mass is 452 g/mol. The Bertz CT molecular complexity index is 1440. The van der Waals surface area contributed by atoms with Crippen LogP contribution in [-0.2, 0) is 17.9 Å². The third kappa shape index (κ3) is 4.38. The van der Waals surface area contributed by atoms with Crippen LogP contribution in [0.1, 0.15) is 11.3 Å². The lowest BCUT2D eigenvalue weighted by Crippen LogP contribution is -2.20. The number of amides is 1. The molecule has 34 heavy (non-hydrogen) atoms. The Kier molecular flexibility index (Phi) is 5.78. The van der Waals surface area contributed by atoms with Gasteiger partial charge in [0.2, 0.25) is 5.91 Å². The molecule has 3 aromatic heterocycles. The maximum atomic E-state index is 12.9. The molecule has 5 aromatic rings. The minimum absolute atomic E-state index is 0.0623. The number of pyridine rings is 1. The number of ether oxygens (including phenoxy) is 1. The fraction of sp³-hybridized carbons (Fsp3) is 0.154. The summed E-state index contributed by atoms with van der Waals surface area (Å²) in [6.45, 7) is 2.63. The van der Waals surface area contributed by atoms with Gasteiger partial charge in [-0.2, -0.15) is 10.2 Å². The molecular formula is C26H24N6O2. The van der Waals surface area contributed by atoms with E-state index in [4.69, 9.17) is 4.74 Å². The zero-order valence-corrected chi connectivity index (χ0v) is 19.0. The molecule has 3 heterocycles. The SMILES string of the molecule is COc1ccc(-c2ccnc3c2c(C)nn3CC(=O)Nc2cccc(Cn3cccn3)c2)cc1. The molecule has 1 N–H and O–H groups in total. The Hall–Kier alpha value is -4.46. The molecule has 0 radical (unpaired) electrons. The van der Waals surface area contributed by atoms with Gasteiger partial charge in [-0.05, 0) is 60.0 Å². The van der Waals surface area contributed by atoms with Crippen molar-refractivity contribution in [2.45, 2.75) is 20.0 Å². The Morgan fingerprint density at radius 3 is 2.68 bits per heavy atom. The number of fused-ring (bicyclic) bond motifs is 1. The van der Waals surface area contributed by atoms with E-state index in [2.05, 4.69) is 20.5 Å². The third-order valence-corrected chi connectivity index (χ3v) is 5.62. The van der Waals surface area contributed by atoms with Crippen molar-refractivity contribution in [2.24, 2.45) is 0 Å². The Morgan fingerprint density at radius 1 is 1.06 bits per heavy atom. The summed E-state index contributed by atoms with van der Waals surface area (Å²) in [6.07, 6.45) is 5.40. The quantitative estimate of drug-likeness (QED) is 0.398. The van der Waals surface area contributed by atoms with Gasteiger partial charge in [0.25, 0.3) is 0 Å². The first-order chi connectivity index (χ1) is 16.6. The highest BCUT2D eigenvalue weighted by Gasteiger charge is 2.16. The first-order valence-corrected chi connectivity index (χ1v) is 10.9. The maximum Gasteiger partial charge on any atom is 0.246 e. The summed E-state index contributed by atoms with van der Waals surface area (Å²) in [7, 11) is 1.65. The van der Waals surface area contributed by atoms with E-state index in [9.17, 15) is 4.79 Å². The van der Waals surface area contributed by atoms with Gasteiger partial charge in [-0.1, -0.05) is 24.3 Å². The van der Waals surface area contributed by atoms with Crippen molar-refractivity contribution in [3.05, 3.63) is 90.5 Å². The number of aryl methyl sites for hydroxylation is 1. The molecule has 8 heteroatoms. The largest absolute Gasteiger partial charge is 0.497 e. The molecule has 170 valence electrons. The lowest BCUT2D eigenvalue weighted by Gasteiger charge is -2.09. The number of methoxy groups -OCH3 is 1. The molecule has 0 fully saturated rings. The van der Waals surface area contributed by atoms with E-state index in [1.807, 2.05) is 78.5 Å². The van der Waals surface area contributed by atoms with E-state index in [0.29, 0.717) is 12.2 Å². The van der Waals surface area contributed by atoms with Crippen molar-refractivity contribution >= 4 is 22.6 Å². The smallest absolute Gasteiger partial charge is 0.246 e. The van der Waals surface area contributed by atoms with E-state index in [0.717, 1.165) is 39.2 Å². The number of nitrogens with zero attached hydrogens (tertiary/aromatic N) is 5. The molecule has 0 aliphatic carbocycles. The van der Waals surface area contributed by atoms with Crippen molar-refractivity contribution in [1.29, 1.82) is 0 Å². The van der Waals surface area contributed by atoms with Crippen molar-refractivity contribution in [1.82, 2.24) is 24.5 Å². The lowest BCUT2D eigenvalue weighted by molar-refractivity contribution is -0.116. The van der Waals surface area contributed by atoms with Crippen LogP contribution in [0.4, 0.5) is 5.69 Å². The Balaban J connectivity index is 1.36. The molecular weight excluding hydrogens is 428 g/mol. The minimum atomic E-state index is -0.169. The van der Waals surface area contributed by atoms with E-state index < -0.39 is 0 Å². The third-order valence-electron chi connectivity index (χ3n) is 5.62. The molecule has 8 nitrogen and oxygen atoms in total. The minimum Gasteiger partial charge on any atom is -0.497 e. The summed E-state index contributed by atoms with van der Waals surface area (Å²) in [5.74, 6) is 0.629. The van der Waals surface area contributed by atoms with E-state index >= 15 is 0 Å². The molecule has 5 rings (SSSR count). The average molecular weight is 453 g/mol. The topological polar surface area (TPSA) is 86.9 Å². The fourth-order valence-corrected chi connectivity index (χ4v) is 4.07. The van der Waals surface area contributed by atoms with Gasteiger partial charge < -0.3 is 10.1 Å². The highest BCUT2D eigenvalue weighted by atomic mass is 16.5. The number of benzene rings is 2. The van der Waals surface area contributed by atoms with Crippen LogP contribution in [0.5, 0.6) is 5.75 Å². The fourth-order valence-electron chi connectivity index (χ4n) is 4.07. The van der Waals surface area contributed by atoms with Gasteiger partial charge in [-0.15, -0.1) is 0 Å². The summed E-state index contributed by atoms with van der Waals surface area (Å²) in [4.78, 5) is 17.4. The number of hydrogen-bond donors (Lipinski definition) is 1. The van der Waals surface area contributed by atoms with Gasteiger partial charge >= 0.3 is 0 Å². The number of carbonyl (C=O) groups is 1. The molecule has 1 amide bonds. The second kappa shape index (κ2) is 9.19. The van der Waals surface area contributed by atoms with Crippen LogP contribution in [0.2, 0.25) is 0 Å². The van der Waals surface area contributed by atoms with Gasteiger partial charge in [0.05, 0.1) is 19.3 Å². The molecule has 0 aliphatic rings. The highest BCUT2D eigenvalue weighted by molar-refractivity contribution is 5.96. The van der Waals surface area contributed by atoms with Crippen molar-refractivity contribution in [2.75, 3.05) is 12.4 Å². The van der Waals surface area contributed by atoms with Crippen LogP contribution in [0.3, 0.4) is 0 Å². The standard InChI is InChI=1S/C26H24N6O2/c1-18-25-23(20-7-9-22(34-2)10-8-20)11-13-27-26(25)32(30-18)17-24(33)29-21-6-3-5-19(15-21)16-31-14-4-12-28-31/h3-15H,16-17H2,1-2H3,(H,29,33). The van der Waals surface area contributed by atoms with Crippen molar-refractivity contribution in [3.63, 3.8) is 0 Å². The van der Waals surface area contributed by atoms with Crippen LogP contribution in [-0.4, -0.2) is 37.6 Å². The average Bonchev–Trinajstić information content (AvgIpc) is 3.47. The predicted octanol–water partition coefficient (Wildman–Crippen LogP) is 4.30. The van der Waals surface area contributed by atoms with Crippen LogP contribution >= 0.6 is 0 Å². The molecule has 0 aliphatic heterocycles. The highest BCUT2D eigenvalue weighted by Crippen LogP contribution is 2.31. The first kappa shape index (κ1) is 21.4. The van der Waals surface area contributed by atoms with E-state index in [-0.39, 0.29) is 12.5 Å². The molecule has 0 saturated heterocycles. The van der Waals surface area contributed by atoms with Crippen molar-refractivity contribution in [3.8, 4) is 16.9 Å². The van der Waals surface area contributed by atoms with Crippen LogP contribution < -0.4 is 10.1 Å². The summed E-state index contributed by atoms with van der Waals surface area (Å²) >= 11 is 0. The van der Waals surface area contributed by atoms with Gasteiger partial charge in [-0.3, -0.25) is 9.48 Å². The number of carbonyl (C=O) groups excluding carboxylic acids is 1. The molecule has 0 spiro atoms. The van der Waals surface area contributed by atoms with E-state index in [1.165, 1.54) is 0 Å². The van der Waals surface area contributed by atoms with Gasteiger partial charge in [-0.25, -0.2) is 9.67 Å². The molecule has 0 unspecified atom stereocenters. The zero-order valence-electron chi connectivity index (χ0n) is 19.0. The summed E-state index contributed by atoms with van der Waals surface area (Å²) in [5, 5.41) is 12.8. The zero-order chi connectivity index (χ0) is 23.5. The second-order valence-corrected chi connectivity index (χ2v) is 7.98. The second-order valence-electron chi connectivity index (χ2n) is 7.98. The number of hydrogen-bond acceptors (Lipinski definition) is 5. The number of rotatable bonds is 7. The molecule has 0 atom stereocenters. The normalized spacial score (nSPS) is 11.0. The number of aromatic nitrogens is 5. The van der Waals surface area contributed by atoms with Gasteiger partial charge in [0.1, 0.15) is 12.3 Å². The summed E-state index contributed by atoms with van der Waals surface area (Å²) < 4.78 is 8.76. The first-order valence-electron chi connectivity index (χ1n) is 10.9. The molecule has 0 bridgehead atoms. The predicted molar refractivity (Wildman–Crippen MR) is 131 cm³/mol. The molecule has 2 aromatic carbocycles. The van der Waals surface area contributed by atoms with Gasteiger partial charge in [0.15, 0.2) is 5.65 Å². The van der Waals surface area contributed by atoms with Crippen LogP contribution in [0.25, 0.3) is 22.2 Å². The maximum absolute atomic E-state index is 12.9. The molecule has 0 saturated carbocycles.